The average Bonchev–Trinajstić information content (AvgIpc) is 2.40. The third-order valence-corrected chi connectivity index (χ3v) is 4.67. The van der Waals surface area contributed by atoms with Crippen LogP contribution in [0.25, 0.3) is 0 Å². The zero-order chi connectivity index (χ0) is 13.0. The summed E-state index contributed by atoms with van der Waals surface area (Å²) in [5.41, 5.74) is 5.52. The Hall–Kier alpha value is -1.02. The van der Waals surface area contributed by atoms with Crippen molar-refractivity contribution in [3.05, 3.63) is 68.7 Å². The van der Waals surface area contributed by atoms with Crippen LogP contribution in [-0.2, 0) is 13.1 Å². The zero-order valence-corrected chi connectivity index (χ0v) is 11.9. The maximum atomic E-state index is 6.17. The van der Waals surface area contributed by atoms with Crippen LogP contribution in [0.3, 0.4) is 0 Å². The predicted octanol–water partition coefficient (Wildman–Crippen LogP) is 4.45. The second-order valence-corrected chi connectivity index (χ2v) is 6.28. The van der Waals surface area contributed by atoms with Gasteiger partial charge in [-0.05, 0) is 46.5 Å². The predicted molar refractivity (Wildman–Crippen MR) is 78.9 cm³/mol. The van der Waals surface area contributed by atoms with Crippen LogP contribution in [0.1, 0.15) is 28.2 Å². The summed E-state index contributed by atoms with van der Waals surface area (Å²) in [5.74, 6) is 0.407. The third-order valence-electron chi connectivity index (χ3n) is 4.20. The van der Waals surface area contributed by atoms with E-state index in [9.17, 15) is 0 Å². The average molecular weight is 290 g/mol. The molecule has 0 amide bonds. The van der Waals surface area contributed by atoms with Gasteiger partial charge in [0.15, 0.2) is 0 Å². The molecule has 0 aromatic heterocycles. The highest BCUT2D eigenvalue weighted by molar-refractivity contribution is 6.31. The fourth-order valence-corrected chi connectivity index (χ4v) is 3.72. The minimum absolute atomic E-state index is 0.407. The highest BCUT2D eigenvalue weighted by Crippen LogP contribution is 2.41. The van der Waals surface area contributed by atoms with E-state index in [0.29, 0.717) is 5.92 Å². The Balaban J connectivity index is 1.93. The highest BCUT2D eigenvalue weighted by atomic mass is 35.5. The Morgan fingerprint density at radius 3 is 1.89 bits per heavy atom. The fraction of sp³-hybridized carbons (Fsp3) is 0.250. The Morgan fingerprint density at radius 1 is 0.842 bits per heavy atom. The van der Waals surface area contributed by atoms with Gasteiger partial charge in [-0.25, -0.2) is 0 Å². The molecule has 2 aromatic rings. The number of benzene rings is 2. The summed E-state index contributed by atoms with van der Waals surface area (Å²) < 4.78 is 0. The second-order valence-electron chi connectivity index (χ2n) is 5.41. The second kappa shape index (κ2) is 4.24. The van der Waals surface area contributed by atoms with Gasteiger partial charge < -0.3 is 0 Å². The van der Waals surface area contributed by atoms with E-state index in [1.807, 2.05) is 12.1 Å². The van der Waals surface area contributed by atoms with E-state index < -0.39 is 0 Å². The van der Waals surface area contributed by atoms with Gasteiger partial charge in [-0.2, -0.15) is 0 Å². The number of hydrogen-bond acceptors (Lipinski definition) is 1. The van der Waals surface area contributed by atoms with Gasteiger partial charge in [-0.15, -0.1) is 0 Å². The van der Waals surface area contributed by atoms with Gasteiger partial charge in [0.2, 0.25) is 0 Å². The van der Waals surface area contributed by atoms with Crippen LogP contribution in [0.2, 0.25) is 10.0 Å². The molecule has 2 aliphatic heterocycles. The molecule has 0 atom stereocenters. The van der Waals surface area contributed by atoms with E-state index in [1.165, 1.54) is 22.3 Å². The van der Waals surface area contributed by atoms with Crippen LogP contribution in [0.5, 0.6) is 0 Å². The zero-order valence-electron chi connectivity index (χ0n) is 10.4. The Morgan fingerprint density at radius 2 is 1.37 bits per heavy atom. The normalized spacial score (nSPS) is 23.7. The summed E-state index contributed by atoms with van der Waals surface area (Å²) in [6.07, 6.45) is 0. The molecule has 3 heteroatoms. The quantitative estimate of drug-likeness (QED) is 0.692. The molecule has 19 heavy (non-hydrogen) atoms. The molecule has 0 unspecified atom stereocenters. The number of nitrogens with zero attached hydrogens (tertiary/aromatic N) is 1. The van der Waals surface area contributed by atoms with Crippen molar-refractivity contribution in [1.29, 1.82) is 0 Å². The Labute approximate surface area is 122 Å². The van der Waals surface area contributed by atoms with E-state index in [1.54, 1.807) is 0 Å². The standard InChI is InChI=1S/C16H13Cl2N/c17-12-3-1-10-7-19-8-11-2-4-13(18)6-15(11)16(9-19)14(10)5-12/h1-6,16H,7-9H2. The van der Waals surface area contributed by atoms with Crippen LogP contribution < -0.4 is 0 Å². The lowest BCUT2D eigenvalue weighted by molar-refractivity contribution is 0.215. The molecule has 96 valence electrons. The largest absolute Gasteiger partial charge is 0.294 e. The van der Waals surface area contributed by atoms with Crippen molar-refractivity contribution >= 4 is 23.2 Å². The lowest BCUT2D eigenvalue weighted by Crippen LogP contribution is -2.38. The van der Waals surface area contributed by atoms with Crippen LogP contribution in [-0.4, -0.2) is 11.4 Å². The molecule has 0 N–H and O–H groups in total. The molecular weight excluding hydrogens is 277 g/mol. The SMILES string of the molecule is Clc1ccc2c(c1)C1CN(C2)Cc2ccc(Cl)cc21. The molecule has 0 fully saturated rings. The van der Waals surface area contributed by atoms with Crippen molar-refractivity contribution in [3.8, 4) is 0 Å². The first-order valence-corrected chi connectivity index (χ1v) is 7.25. The first-order valence-electron chi connectivity index (χ1n) is 6.50. The lowest BCUT2D eigenvalue weighted by atomic mass is 9.79. The molecule has 0 saturated heterocycles. The molecule has 2 bridgehead atoms. The van der Waals surface area contributed by atoms with Crippen molar-refractivity contribution in [3.63, 3.8) is 0 Å². The van der Waals surface area contributed by atoms with Gasteiger partial charge in [-0.1, -0.05) is 35.3 Å². The number of hydrogen-bond donors (Lipinski definition) is 0. The molecular formula is C16H13Cl2N. The summed E-state index contributed by atoms with van der Waals surface area (Å²) in [5, 5.41) is 1.64. The van der Waals surface area contributed by atoms with Gasteiger partial charge in [0.05, 0.1) is 0 Å². The number of halogens is 2. The molecule has 0 radical (unpaired) electrons. The van der Waals surface area contributed by atoms with Crippen LogP contribution in [0.15, 0.2) is 36.4 Å². The highest BCUT2D eigenvalue weighted by Gasteiger charge is 2.32. The van der Waals surface area contributed by atoms with Crippen molar-refractivity contribution in [2.24, 2.45) is 0 Å². The van der Waals surface area contributed by atoms with Crippen LogP contribution >= 0.6 is 23.2 Å². The number of fused-ring (bicyclic) bond motifs is 6. The van der Waals surface area contributed by atoms with E-state index >= 15 is 0 Å². The number of rotatable bonds is 0. The Kier molecular flexibility index (Phi) is 2.63. The van der Waals surface area contributed by atoms with E-state index in [4.69, 9.17) is 23.2 Å². The molecule has 0 spiro atoms. The molecule has 2 aliphatic rings. The lowest BCUT2D eigenvalue weighted by Gasteiger charge is -2.40. The minimum Gasteiger partial charge on any atom is -0.294 e. The Bertz CT molecular complexity index is 610. The van der Waals surface area contributed by atoms with Gasteiger partial charge in [0, 0.05) is 35.6 Å². The third kappa shape index (κ3) is 1.88. The summed E-state index contributed by atoms with van der Waals surface area (Å²) in [4.78, 5) is 2.50. The molecule has 0 saturated carbocycles. The van der Waals surface area contributed by atoms with Gasteiger partial charge >= 0.3 is 0 Å². The van der Waals surface area contributed by atoms with Crippen molar-refractivity contribution in [1.82, 2.24) is 4.90 Å². The molecule has 1 nitrogen and oxygen atoms in total. The summed E-state index contributed by atoms with van der Waals surface area (Å²) >= 11 is 12.3. The van der Waals surface area contributed by atoms with E-state index in [0.717, 1.165) is 29.7 Å². The van der Waals surface area contributed by atoms with Crippen molar-refractivity contribution < 1.29 is 0 Å². The monoisotopic (exact) mass is 289 g/mol. The summed E-state index contributed by atoms with van der Waals surface area (Å²) in [7, 11) is 0. The molecule has 2 heterocycles. The van der Waals surface area contributed by atoms with Gasteiger partial charge in [-0.3, -0.25) is 4.90 Å². The van der Waals surface area contributed by atoms with Gasteiger partial charge in [0.1, 0.15) is 0 Å². The molecule has 2 aromatic carbocycles. The van der Waals surface area contributed by atoms with E-state index in [-0.39, 0.29) is 0 Å². The minimum atomic E-state index is 0.407. The van der Waals surface area contributed by atoms with Crippen molar-refractivity contribution in [2.75, 3.05) is 6.54 Å². The van der Waals surface area contributed by atoms with E-state index in [2.05, 4.69) is 29.2 Å². The van der Waals surface area contributed by atoms with Gasteiger partial charge in [0.25, 0.3) is 0 Å². The maximum absolute atomic E-state index is 6.17. The molecule has 0 aliphatic carbocycles. The maximum Gasteiger partial charge on any atom is 0.0409 e. The molecule has 4 rings (SSSR count). The van der Waals surface area contributed by atoms with Crippen LogP contribution in [0, 0.1) is 0 Å². The smallest absolute Gasteiger partial charge is 0.0409 e. The summed E-state index contributed by atoms with van der Waals surface area (Å²) in [6, 6.07) is 12.5. The fourth-order valence-electron chi connectivity index (χ4n) is 3.36. The van der Waals surface area contributed by atoms with Crippen LogP contribution in [0.4, 0.5) is 0 Å². The van der Waals surface area contributed by atoms with Crippen molar-refractivity contribution in [2.45, 2.75) is 19.0 Å². The summed E-state index contributed by atoms with van der Waals surface area (Å²) in [6.45, 7) is 3.11. The topological polar surface area (TPSA) is 3.24 Å². The first kappa shape index (κ1) is 11.8. The first-order chi connectivity index (χ1) is 9.20.